The highest BCUT2D eigenvalue weighted by molar-refractivity contribution is 6.90. The second kappa shape index (κ2) is 11.1. The fraction of sp³-hybridized carbons (Fsp3) is 0. The molecule has 6 heterocycles. The minimum absolute atomic E-state index is 0.0648. The summed E-state index contributed by atoms with van der Waals surface area (Å²) >= 11 is 0. The topological polar surface area (TPSA) is 28.3 Å². The van der Waals surface area contributed by atoms with Crippen molar-refractivity contribution in [3.63, 3.8) is 0 Å². The number of hydrogen-bond acceptors (Lipinski definition) is 2. The molecule has 2 aromatic heterocycles. The number of rotatable bonds is 2. The van der Waals surface area contributed by atoms with Crippen molar-refractivity contribution in [1.29, 1.82) is 0 Å². The lowest BCUT2D eigenvalue weighted by molar-refractivity contribution is 0.487. The van der Waals surface area contributed by atoms with Gasteiger partial charge in [0.1, 0.15) is 23.0 Å². The third kappa shape index (κ3) is 3.76. The van der Waals surface area contributed by atoms with Gasteiger partial charge < -0.3 is 18.4 Å². The summed E-state index contributed by atoms with van der Waals surface area (Å²) in [7, 11) is 0. The van der Waals surface area contributed by atoms with E-state index >= 15 is 0 Å². The zero-order valence-corrected chi connectivity index (χ0v) is 32.2. The van der Waals surface area contributed by atoms with Gasteiger partial charge in [-0.25, -0.2) is 0 Å². The van der Waals surface area contributed by atoms with Gasteiger partial charge in [0, 0.05) is 65.7 Å². The van der Waals surface area contributed by atoms with E-state index in [-0.39, 0.29) is 13.7 Å². The van der Waals surface area contributed by atoms with Crippen molar-refractivity contribution in [1.82, 2.24) is 8.96 Å². The largest absolute Gasteiger partial charge is 0.458 e. The first-order valence-corrected chi connectivity index (χ1v) is 20.8. The van der Waals surface area contributed by atoms with Crippen LogP contribution in [0, 0.1) is 0 Å². The van der Waals surface area contributed by atoms with E-state index < -0.39 is 0 Å². The quantitative estimate of drug-likeness (QED) is 0.164. The van der Waals surface area contributed by atoms with Crippen molar-refractivity contribution in [2.24, 2.45) is 0 Å². The molecule has 0 radical (unpaired) electrons. The minimum Gasteiger partial charge on any atom is -0.458 e. The number of ether oxygens (including phenoxy) is 2. The maximum absolute atomic E-state index is 7.03. The molecule has 15 rings (SSSR count). The van der Waals surface area contributed by atoms with E-state index in [0.717, 1.165) is 28.6 Å². The minimum atomic E-state index is -0.103. The Bertz CT molecular complexity index is 3740. The molecule has 4 nitrogen and oxygen atoms in total. The molecular formula is C54H30B2N2O2. The first-order chi connectivity index (χ1) is 29.8. The van der Waals surface area contributed by atoms with Gasteiger partial charge in [0.05, 0.1) is 0 Å². The zero-order chi connectivity index (χ0) is 38.8. The molecule has 0 unspecified atom stereocenters. The number of fused-ring (bicyclic) bond motifs is 16. The smallest absolute Gasteiger partial charge is 0.336 e. The van der Waals surface area contributed by atoms with Crippen molar-refractivity contribution in [3.8, 4) is 67.5 Å². The molecule has 0 N–H and O–H groups in total. The Labute approximate surface area is 345 Å². The zero-order valence-electron chi connectivity index (χ0n) is 32.2. The molecule has 0 atom stereocenters. The Hall–Kier alpha value is -7.69. The number of para-hydroxylation sites is 3. The summed E-state index contributed by atoms with van der Waals surface area (Å²) in [5, 5.41) is 5.06. The van der Waals surface area contributed by atoms with E-state index in [1.165, 1.54) is 104 Å². The molecule has 60 heavy (non-hydrogen) atoms. The summed E-state index contributed by atoms with van der Waals surface area (Å²) in [6.07, 6.45) is 0. The normalized spacial score (nSPS) is 13.5. The Morgan fingerprint density at radius 1 is 0.350 bits per heavy atom. The molecule has 6 heteroatoms. The second-order valence-corrected chi connectivity index (χ2v) is 16.7. The Morgan fingerprint density at radius 2 is 0.900 bits per heavy atom. The van der Waals surface area contributed by atoms with E-state index in [2.05, 4.69) is 191 Å². The van der Waals surface area contributed by atoms with Gasteiger partial charge in [0.2, 0.25) is 0 Å². The van der Waals surface area contributed by atoms with Crippen LogP contribution in [0.1, 0.15) is 0 Å². The monoisotopic (exact) mass is 760 g/mol. The lowest BCUT2D eigenvalue weighted by atomic mass is 9.45. The van der Waals surface area contributed by atoms with Crippen LogP contribution in [0.25, 0.3) is 88.1 Å². The van der Waals surface area contributed by atoms with Crippen LogP contribution >= 0.6 is 0 Å². The molecule has 11 aromatic rings. The third-order valence-corrected chi connectivity index (χ3v) is 13.8. The summed E-state index contributed by atoms with van der Waals surface area (Å²) in [5.74, 6) is 3.65. The molecule has 4 aliphatic heterocycles. The van der Waals surface area contributed by atoms with Crippen LogP contribution in [-0.4, -0.2) is 22.7 Å². The predicted octanol–water partition coefficient (Wildman–Crippen LogP) is 10.7. The van der Waals surface area contributed by atoms with Gasteiger partial charge in [-0.15, -0.1) is 0 Å². The fourth-order valence-electron chi connectivity index (χ4n) is 11.5. The molecule has 0 saturated carbocycles. The van der Waals surface area contributed by atoms with Crippen LogP contribution in [0.5, 0.6) is 23.0 Å². The Balaban J connectivity index is 1.22. The fourth-order valence-corrected chi connectivity index (χ4v) is 11.5. The highest BCUT2D eigenvalue weighted by atomic mass is 16.5. The van der Waals surface area contributed by atoms with Crippen molar-refractivity contribution in [3.05, 3.63) is 182 Å². The molecular weight excluding hydrogens is 730 g/mol. The first-order valence-electron chi connectivity index (χ1n) is 20.8. The van der Waals surface area contributed by atoms with Gasteiger partial charge in [0.15, 0.2) is 0 Å². The summed E-state index contributed by atoms with van der Waals surface area (Å²) in [5.41, 5.74) is 19.5. The number of nitrogens with zero attached hydrogens (tertiary/aromatic N) is 2. The van der Waals surface area contributed by atoms with Crippen molar-refractivity contribution >= 4 is 79.2 Å². The average molecular weight is 760 g/mol. The van der Waals surface area contributed by atoms with Crippen LogP contribution in [-0.2, 0) is 0 Å². The molecule has 4 aliphatic rings. The molecule has 0 saturated heterocycles. The molecule has 0 bridgehead atoms. The lowest BCUT2D eigenvalue weighted by Crippen LogP contribution is -2.54. The molecule has 274 valence electrons. The second-order valence-electron chi connectivity index (χ2n) is 16.7. The van der Waals surface area contributed by atoms with Gasteiger partial charge in [-0.1, -0.05) is 133 Å². The molecule has 9 aromatic carbocycles. The molecule has 0 spiro atoms. The van der Waals surface area contributed by atoms with Gasteiger partial charge in [-0.2, -0.15) is 0 Å². The lowest BCUT2D eigenvalue weighted by Gasteiger charge is -2.36. The van der Waals surface area contributed by atoms with E-state index in [1.54, 1.807) is 0 Å². The highest BCUT2D eigenvalue weighted by Crippen LogP contribution is 2.55. The van der Waals surface area contributed by atoms with E-state index in [4.69, 9.17) is 9.47 Å². The summed E-state index contributed by atoms with van der Waals surface area (Å²) in [4.78, 5) is 0. The van der Waals surface area contributed by atoms with Crippen molar-refractivity contribution in [2.75, 3.05) is 0 Å². The van der Waals surface area contributed by atoms with Crippen molar-refractivity contribution in [2.45, 2.75) is 0 Å². The number of aromatic nitrogens is 2. The van der Waals surface area contributed by atoms with Gasteiger partial charge in [0.25, 0.3) is 0 Å². The standard InChI is InChI=1S/C54H30B2N2O2/c1-3-14-31(15-4-1)33-26-27-42-37(28-33)49-48-36-19-13-25-45-51(36)55(39-20-8-11-23-43(39)59-45)57-41-22-10-7-18-35(41)47(53(48)57)50-38-29-34(32-16-5-2-6-17-32)30-46-52(38)56(58(42)54(49)50)40-21-9-12-24-44(40)60-46/h1-30H. The van der Waals surface area contributed by atoms with Gasteiger partial charge >= 0.3 is 13.7 Å². The average Bonchev–Trinajstić information content (AvgIpc) is 3.83. The third-order valence-electron chi connectivity index (χ3n) is 13.8. The number of hydrogen-bond donors (Lipinski definition) is 0. The van der Waals surface area contributed by atoms with E-state index in [0.29, 0.717) is 0 Å². The predicted molar refractivity (Wildman–Crippen MR) is 248 cm³/mol. The van der Waals surface area contributed by atoms with Crippen LogP contribution in [0.15, 0.2) is 182 Å². The van der Waals surface area contributed by atoms with Crippen LogP contribution in [0.2, 0.25) is 0 Å². The maximum atomic E-state index is 7.03. The maximum Gasteiger partial charge on any atom is 0.336 e. The summed E-state index contributed by atoms with van der Waals surface area (Å²) in [6.45, 7) is -0.167. The summed E-state index contributed by atoms with van der Waals surface area (Å²) < 4.78 is 19.2. The molecule has 0 amide bonds. The number of benzene rings is 9. The van der Waals surface area contributed by atoms with Gasteiger partial charge in [-0.3, -0.25) is 0 Å². The highest BCUT2D eigenvalue weighted by Gasteiger charge is 2.47. The van der Waals surface area contributed by atoms with Crippen LogP contribution in [0.4, 0.5) is 0 Å². The molecule has 0 aliphatic carbocycles. The van der Waals surface area contributed by atoms with Gasteiger partial charge in [-0.05, 0) is 92.8 Å². The van der Waals surface area contributed by atoms with Crippen molar-refractivity contribution < 1.29 is 9.47 Å². The van der Waals surface area contributed by atoms with E-state index in [1.807, 2.05) is 0 Å². The summed E-state index contributed by atoms with van der Waals surface area (Å²) in [6, 6.07) is 66.5. The Kier molecular flexibility index (Phi) is 5.78. The molecule has 0 fully saturated rings. The Morgan fingerprint density at radius 3 is 1.63 bits per heavy atom. The van der Waals surface area contributed by atoms with Crippen LogP contribution < -0.4 is 31.3 Å². The van der Waals surface area contributed by atoms with E-state index in [9.17, 15) is 0 Å². The SMILES string of the molecule is c1ccc(-c2cc3c4c(c2)-c2c5c6ccccc6n6c5c(c5c7cc(-c8ccccc8)ccc7n(c25)B4c2ccccc2O3)-c2cccc3c2B6c2ccccc2O3)cc1. The first kappa shape index (κ1) is 31.3. The van der Waals surface area contributed by atoms with Crippen LogP contribution in [0.3, 0.4) is 0 Å².